The van der Waals surface area contributed by atoms with Gasteiger partial charge in [0.25, 0.3) is 11.6 Å². The minimum Gasteiger partial charge on any atom is -0.379 e. The van der Waals surface area contributed by atoms with E-state index in [9.17, 15) is 4.79 Å². The molecule has 1 aliphatic heterocycles. The van der Waals surface area contributed by atoms with Gasteiger partial charge in [-0.2, -0.15) is 0 Å². The van der Waals surface area contributed by atoms with Gasteiger partial charge in [0.15, 0.2) is 5.69 Å². The van der Waals surface area contributed by atoms with Crippen molar-refractivity contribution in [1.82, 2.24) is 29.9 Å². The first-order valence-corrected chi connectivity index (χ1v) is 12.8. The number of rotatable bonds is 8. The standard InChI is InChI=1S/C26H32N8O3/c1-27-23-11-21(30-25-18(12-29-34(23)25)26(35)31-20-6-7-22(20)36-3)19-14-33(24-17(19)5-4-9-28-24)15-37-16-8-10-32(2)13-16/h4-5,9,11-12,14,16,20,22H,6-8,10,13,15H2,1-3H3,(H2,27,29,30,31,35)/p+1/t16-,20+,22+/m1/s1. The Morgan fingerprint density at radius 3 is 2.95 bits per heavy atom. The maximum atomic E-state index is 13.2. The van der Waals surface area contributed by atoms with E-state index in [2.05, 4.69) is 32.7 Å². The number of aromatic nitrogens is 5. The Bertz CT molecular complexity index is 1440. The van der Waals surface area contributed by atoms with Crippen LogP contribution in [0.4, 0.5) is 5.82 Å². The number of pyridine rings is 1. The molecule has 1 aliphatic carbocycles. The fourth-order valence-corrected chi connectivity index (χ4v) is 5.30. The van der Waals surface area contributed by atoms with Gasteiger partial charge in [0.1, 0.15) is 17.9 Å². The van der Waals surface area contributed by atoms with E-state index in [0.29, 0.717) is 17.9 Å². The molecule has 0 bridgehead atoms. The molecule has 1 saturated heterocycles. The van der Waals surface area contributed by atoms with E-state index in [1.54, 1.807) is 24.0 Å². The smallest absolute Gasteiger partial charge is 0.299 e. The monoisotopic (exact) mass is 505 g/mol. The topological polar surface area (TPSA) is 113 Å². The fourth-order valence-electron chi connectivity index (χ4n) is 5.30. The molecule has 5 heterocycles. The van der Waals surface area contributed by atoms with E-state index in [4.69, 9.17) is 14.5 Å². The molecule has 0 radical (unpaired) electrons. The number of ether oxygens (including phenoxy) is 2. The third kappa shape index (κ3) is 4.32. The van der Waals surface area contributed by atoms with E-state index in [-0.39, 0.29) is 24.2 Å². The van der Waals surface area contributed by atoms with E-state index in [1.807, 2.05) is 36.0 Å². The van der Waals surface area contributed by atoms with Gasteiger partial charge in [-0.3, -0.25) is 9.89 Å². The minimum atomic E-state index is -0.170. The summed E-state index contributed by atoms with van der Waals surface area (Å²) in [6.07, 6.45) is 8.69. The van der Waals surface area contributed by atoms with Crippen LogP contribution in [0.2, 0.25) is 0 Å². The summed E-state index contributed by atoms with van der Waals surface area (Å²) in [7, 11) is 5.64. The van der Waals surface area contributed by atoms with Crippen LogP contribution in [0.1, 0.15) is 29.6 Å². The van der Waals surface area contributed by atoms with Crippen LogP contribution in [0.25, 0.3) is 27.9 Å². The molecule has 3 N–H and O–H groups in total. The van der Waals surface area contributed by atoms with Gasteiger partial charge in [-0.05, 0) is 38.4 Å². The third-order valence-electron chi connectivity index (χ3n) is 7.57. The van der Waals surface area contributed by atoms with Gasteiger partial charge < -0.3 is 29.6 Å². The molecule has 0 aromatic carbocycles. The van der Waals surface area contributed by atoms with E-state index in [0.717, 1.165) is 60.5 Å². The Hall–Kier alpha value is -3.54. The zero-order valence-corrected chi connectivity index (χ0v) is 21.4. The molecule has 4 aromatic heterocycles. The van der Waals surface area contributed by atoms with Crippen LogP contribution in [-0.2, 0) is 16.2 Å². The number of likely N-dealkylation sites (tertiary alicyclic amines) is 1. The molecule has 194 valence electrons. The molecule has 11 nitrogen and oxygen atoms in total. The molecular formula is C26H33N8O3+. The number of likely N-dealkylation sites (N-methyl/N-ethyl adjacent to an activating group) is 1. The van der Waals surface area contributed by atoms with Crippen LogP contribution in [0.3, 0.4) is 0 Å². The molecule has 6 rings (SSSR count). The number of H-pyrrole nitrogens is 1. The first-order chi connectivity index (χ1) is 18.1. The van der Waals surface area contributed by atoms with Gasteiger partial charge in [0.2, 0.25) is 5.82 Å². The number of hydrogen-bond donors (Lipinski definition) is 3. The van der Waals surface area contributed by atoms with Crippen LogP contribution in [-0.4, -0.2) is 83.0 Å². The summed E-state index contributed by atoms with van der Waals surface area (Å²) in [4.78, 5) is 25.1. The van der Waals surface area contributed by atoms with Gasteiger partial charge >= 0.3 is 0 Å². The number of fused-ring (bicyclic) bond motifs is 2. The van der Waals surface area contributed by atoms with Crippen LogP contribution < -0.4 is 15.1 Å². The predicted molar refractivity (Wildman–Crippen MR) is 138 cm³/mol. The highest BCUT2D eigenvalue weighted by molar-refractivity contribution is 6.00. The Labute approximate surface area is 214 Å². The lowest BCUT2D eigenvalue weighted by Gasteiger charge is -2.35. The summed E-state index contributed by atoms with van der Waals surface area (Å²) in [5.74, 6) is 0.615. The van der Waals surface area contributed by atoms with Crippen molar-refractivity contribution in [3.8, 4) is 11.3 Å². The molecule has 11 heteroatoms. The van der Waals surface area contributed by atoms with Crippen LogP contribution in [0.5, 0.6) is 0 Å². The molecule has 3 atom stereocenters. The van der Waals surface area contributed by atoms with Crippen LogP contribution >= 0.6 is 0 Å². The summed E-state index contributed by atoms with van der Waals surface area (Å²) in [5.41, 5.74) is 3.54. The Morgan fingerprint density at radius 1 is 1.32 bits per heavy atom. The second kappa shape index (κ2) is 9.73. The molecule has 0 spiro atoms. The zero-order chi connectivity index (χ0) is 25.5. The number of nitrogens with zero attached hydrogens (tertiary/aromatic N) is 5. The van der Waals surface area contributed by atoms with Crippen molar-refractivity contribution in [2.24, 2.45) is 0 Å². The van der Waals surface area contributed by atoms with Crippen molar-refractivity contribution in [2.75, 3.05) is 39.6 Å². The van der Waals surface area contributed by atoms with Gasteiger partial charge in [-0.1, -0.05) is 4.98 Å². The van der Waals surface area contributed by atoms with Crippen molar-refractivity contribution in [3.05, 3.63) is 42.4 Å². The Morgan fingerprint density at radius 2 is 2.22 bits per heavy atom. The SMILES string of the molecule is CNc1cc(-c2cn(CO[C@@H]3CCN(C)C3)c3ncccc23)nc2c(C(=O)N[C@H]3CC[C@@H]3OC)c[nH][n+]12. The minimum absolute atomic E-state index is 0.0168. The fraction of sp³-hybridized carbons (Fsp3) is 0.462. The molecule has 0 unspecified atom stereocenters. The second-order valence-electron chi connectivity index (χ2n) is 9.91. The molecule has 1 saturated carbocycles. The molecule has 4 aromatic rings. The normalized spacial score (nSPS) is 22.0. The van der Waals surface area contributed by atoms with Crippen molar-refractivity contribution < 1.29 is 18.8 Å². The van der Waals surface area contributed by atoms with Crippen molar-refractivity contribution in [3.63, 3.8) is 0 Å². The lowest BCUT2D eigenvalue weighted by Crippen LogP contribution is -2.51. The van der Waals surface area contributed by atoms with Crippen LogP contribution in [0.15, 0.2) is 36.8 Å². The number of aromatic amines is 1. The number of amides is 1. The summed E-state index contributed by atoms with van der Waals surface area (Å²) in [5, 5.41) is 10.5. The summed E-state index contributed by atoms with van der Waals surface area (Å²) in [6.45, 7) is 2.40. The van der Waals surface area contributed by atoms with Crippen LogP contribution in [0, 0.1) is 0 Å². The molecule has 2 fully saturated rings. The number of carbonyl (C=O) groups is 1. The number of carbonyl (C=O) groups excluding carboxylic acids is 1. The summed E-state index contributed by atoms with van der Waals surface area (Å²) in [6, 6.07) is 5.96. The Balaban J connectivity index is 1.36. The van der Waals surface area contributed by atoms with Crippen molar-refractivity contribution >= 4 is 28.4 Å². The molecule has 2 aliphatic rings. The van der Waals surface area contributed by atoms with Gasteiger partial charge in [-0.25, -0.2) is 4.98 Å². The third-order valence-corrected chi connectivity index (χ3v) is 7.57. The highest BCUT2D eigenvalue weighted by Crippen LogP contribution is 2.30. The van der Waals surface area contributed by atoms with Crippen molar-refractivity contribution in [2.45, 2.75) is 44.2 Å². The maximum absolute atomic E-state index is 13.2. The largest absolute Gasteiger partial charge is 0.379 e. The Kier molecular flexibility index (Phi) is 6.27. The number of hydrogen-bond acceptors (Lipinski definition) is 7. The summed E-state index contributed by atoms with van der Waals surface area (Å²) >= 11 is 0. The molecular weight excluding hydrogens is 472 g/mol. The first-order valence-electron chi connectivity index (χ1n) is 12.8. The number of anilines is 1. The van der Waals surface area contributed by atoms with E-state index in [1.165, 1.54) is 0 Å². The highest BCUT2D eigenvalue weighted by atomic mass is 16.5. The zero-order valence-electron chi connectivity index (χ0n) is 21.4. The maximum Gasteiger partial charge on any atom is 0.299 e. The highest BCUT2D eigenvalue weighted by Gasteiger charge is 2.34. The number of methoxy groups -OCH3 is 1. The predicted octanol–water partition coefficient (Wildman–Crippen LogP) is 1.79. The second-order valence-corrected chi connectivity index (χ2v) is 9.91. The molecule has 37 heavy (non-hydrogen) atoms. The molecule has 1 amide bonds. The lowest BCUT2D eigenvalue weighted by molar-refractivity contribution is -0.563. The quantitative estimate of drug-likeness (QED) is 0.313. The van der Waals surface area contributed by atoms with E-state index < -0.39 is 0 Å². The van der Waals surface area contributed by atoms with Crippen molar-refractivity contribution in [1.29, 1.82) is 0 Å². The first kappa shape index (κ1) is 23.8. The van der Waals surface area contributed by atoms with Gasteiger partial charge in [0.05, 0.1) is 30.5 Å². The average molecular weight is 506 g/mol. The summed E-state index contributed by atoms with van der Waals surface area (Å²) < 4.78 is 15.5. The van der Waals surface area contributed by atoms with E-state index >= 15 is 0 Å². The average Bonchev–Trinajstić information content (AvgIpc) is 3.61. The van der Waals surface area contributed by atoms with Gasteiger partial charge in [0, 0.05) is 50.6 Å². The van der Waals surface area contributed by atoms with Gasteiger partial charge in [-0.15, -0.1) is 4.52 Å². The number of nitrogens with one attached hydrogen (secondary N) is 3. The lowest BCUT2D eigenvalue weighted by atomic mass is 9.89.